The molecule has 0 heterocycles. The molecular formula is C23H21ClN2O4. The van der Waals surface area contributed by atoms with Crippen molar-refractivity contribution in [1.82, 2.24) is 5.43 Å². The summed E-state index contributed by atoms with van der Waals surface area (Å²) in [5, 5.41) is 4.69. The van der Waals surface area contributed by atoms with E-state index in [9.17, 15) is 4.79 Å². The topological polar surface area (TPSA) is 69.2 Å². The predicted octanol–water partition coefficient (Wildman–Crippen LogP) is 4.70. The summed E-state index contributed by atoms with van der Waals surface area (Å²) in [5.41, 5.74) is 4.69. The maximum absolute atomic E-state index is 12.2. The SMILES string of the molecule is COc1cccc(C(=O)NN=Cc2ccc(OCc3ccc(Cl)cc3)c(OC)c2)c1. The van der Waals surface area contributed by atoms with Gasteiger partial charge in [0.15, 0.2) is 11.5 Å². The molecule has 0 atom stereocenters. The van der Waals surface area contributed by atoms with E-state index in [4.69, 9.17) is 25.8 Å². The Hall–Kier alpha value is -3.51. The second-order valence-corrected chi connectivity index (χ2v) is 6.69. The third-order valence-corrected chi connectivity index (χ3v) is 4.46. The molecule has 0 aliphatic rings. The lowest BCUT2D eigenvalue weighted by molar-refractivity contribution is 0.0955. The Bertz CT molecular complexity index is 1040. The first kappa shape index (κ1) is 21.2. The number of amides is 1. The largest absolute Gasteiger partial charge is 0.497 e. The van der Waals surface area contributed by atoms with Gasteiger partial charge in [-0.1, -0.05) is 29.8 Å². The van der Waals surface area contributed by atoms with Gasteiger partial charge in [0.05, 0.1) is 20.4 Å². The lowest BCUT2D eigenvalue weighted by atomic mass is 10.2. The molecule has 30 heavy (non-hydrogen) atoms. The zero-order valence-electron chi connectivity index (χ0n) is 16.6. The second-order valence-electron chi connectivity index (χ2n) is 6.26. The number of methoxy groups -OCH3 is 2. The Labute approximate surface area is 180 Å². The molecular weight excluding hydrogens is 404 g/mol. The molecule has 0 unspecified atom stereocenters. The fourth-order valence-electron chi connectivity index (χ4n) is 2.62. The van der Waals surface area contributed by atoms with Crippen LogP contribution < -0.4 is 19.6 Å². The third kappa shape index (κ3) is 5.75. The van der Waals surface area contributed by atoms with E-state index < -0.39 is 0 Å². The van der Waals surface area contributed by atoms with E-state index >= 15 is 0 Å². The van der Waals surface area contributed by atoms with Gasteiger partial charge < -0.3 is 14.2 Å². The van der Waals surface area contributed by atoms with Crippen LogP contribution in [0.5, 0.6) is 17.2 Å². The van der Waals surface area contributed by atoms with Crippen LogP contribution in [0.2, 0.25) is 5.02 Å². The van der Waals surface area contributed by atoms with Crippen LogP contribution in [0, 0.1) is 0 Å². The first-order valence-electron chi connectivity index (χ1n) is 9.12. The Morgan fingerprint density at radius 2 is 1.80 bits per heavy atom. The van der Waals surface area contributed by atoms with Gasteiger partial charge in [0.1, 0.15) is 12.4 Å². The lowest BCUT2D eigenvalue weighted by Gasteiger charge is -2.11. The molecule has 0 aliphatic carbocycles. The van der Waals surface area contributed by atoms with Gasteiger partial charge in [-0.3, -0.25) is 4.79 Å². The van der Waals surface area contributed by atoms with Crippen molar-refractivity contribution >= 4 is 23.7 Å². The van der Waals surface area contributed by atoms with Crippen LogP contribution in [0.3, 0.4) is 0 Å². The normalized spacial score (nSPS) is 10.6. The molecule has 3 aromatic rings. The van der Waals surface area contributed by atoms with Crippen molar-refractivity contribution in [1.29, 1.82) is 0 Å². The van der Waals surface area contributed by atoms with Crippen molar-refractivity contribution in [2.75, 3.05) is 14.2 Å². The van der Waals surface area contributed by atoms with Crippen molar-refractivity contribution in [3.05, 3.63) is 88.4 Å². The Morgan fingerprint density at radius 3 is 2.53 bits per heavy atom. The highest BCUT2D eigenvalue weighted by Crippen LogP contribution is 2.28. The average Bonchev–Trinajstić information content (AvgIpc) is 2.79. The Balaban J connectivity index is 1.62. The van der Waals surface area contributed by atoms with E-state index in [1.807, 2.05) is 30.3 Å². The zero-order chi connectivity index (χ0) is 21.3. The number of hydrazone groups is 1. The highest BCUT2D eigenvalue weighted by Gasteiger charge is 2.07. The number of halogens is 1. The lowest BCUT2D eigenvalue weighted by Crippen LogP contribution is -2.17. The summed E-state index contributed by atoms with van der Waals surface area (Å²) in [4.78, 5) is 12.2. The standard InChI is InChI=1S/C23H21ClN2O4/c1-28-20-5-3-4-18(13-20)23(27)26-25-14-17-8-11-21(22(12-17)29-2)30-15-16-6-9-19(24)10-7-16/h3-14H,15H2,1-2H3,(H,26,27). The molecule has 0 spiro atoms. The van der Waals surface area contributed by atoms with Crippen molar-refractivity contribution in [3.63, 3.8) is 0 Å². The predicted molar refractivity (Wildman–Crippen MR) is 117 cm³/mol. The average molecular weight is 425 g/mol. The first-order valence-corrected chi connectivity index (χ1v) is 9.49. The molecule has 3 rings (SSSR count). The number of carbonyl (C=O) groups excluding carboxylic acids is 1. The summed E-state index contributed by atoms with van der Waals surface area (Å²) < 4.78 is 16.4. The molecule has 3 aromatic carbocycles. The van der Waals surface area contributed by atoms with Gasteiger partial charge >= 0.3 is 0 Å². The van der Waals surface area contributed by atoms with Gasteiger partial charge in [-0.2, -0.15) is 5.10 Å². The summed E-state index contributed by atoms with van der Waals surface area (Å²) in [6, 6.07) is 19.7. The van der Waals surface area contributed by atoms with E-state index in [2.05, 4.69) is 10.5 Å². The number of benzene rings is 3. The number of carbonyl (C=O) groups is 1. The van der Waals surface area contributed by atoms with Gasteiger partial charge in [-0.05, 0) is 59.7 Å². The van der Waals surface area contributed by atoms with Crippen LogP contribution in [0.25, 0.3) is 0 Å². The first-order chi connectivity index (χ1) is 14.6. The minimum Gasteiger partial charge on any atom is -0.497 e. The molecule has 6 nitrogen and oxygen atoms in total. The minimum atomic E-state index is -0.333. The highest BCUT2D eigenvalue weighted by molar-refractivity contribution is 6.30. The minimum absolute atomic E-state index is 0.333. The quantitative estimate of drug-likeness (QED) is 0.420. The van der Waals surface area contributed by atoms with Crippen molar-refractivity contribution in [2.24, 2.45) is 5.10 Å². The molecule has 7 heteroatoms. The van der Waals surface area contributed by atoms with E-state index in [-0.39, 0.29) is 5.91 Å². The van der Waals surface area contributed by atoms with Crippen LogP contribution in [0.1, 0.15) is 21.5 Å². The third-order valence-electron chi connectivity index (χ3n) is 4.21. The van der Waals surface area contributed by atoms with E-state index in [0.29, 0.717) is 34.4 Å². The van der Waals surface area contributed by atoms with Crippen molar-refractivity contribution < 1.29 is 19.0 Å². The number of nitrogens with zero attached hydrogens (tertiary/aromatic N) is 1. The zero-order valence-corrected chi connectivity index (χ0v) is 17.3. The summed E-state index contributed by atoms with van der Waals surface area (Å²) in [7, 11) is 3.11. The molecule has 154 valence electrons. The van der Waals surface area contributed by atoms with Gasteiger partial charge in [0.25, 0.3) is 5.91 Å². The van der Waals surface area contributed by atoms with Gasteiger partial charge in [-0.15, -0.1) is 0 Å². The fourth-order valence-corrected chi connectivity index (χ4v) is 2.75. The smallest absolute Gasteiger partial charge is 0.271 e. The molecule has 0 saturated carbocycles. The summed E-state index contributed by atoms with van der Waals surface area (Å²) in [6.07, 6.45) is 1.53. The van der Waals surface area contributed by atoms with E-state index in [0.717, 1.165) is 11.1 Å². The molecule has 0 aliphatic heterocycles. The summed E-state index contributed by atoms with van der Waals surface area (Å²) in [5.74, 6) is 1.43. The molecule has 0 radical (unpaired) electrons. The highest BCUT2D eigenvalue weighted by atomic mass is 35.5. The van der Waals surface area contributed by atoms with Crippen molar-refractivity contribution in [3.8, 4) is 17.2 Å². The number of nitrogens with one attached hydrogen (secondary N) is 1. The molecule has 1 N–H and O–H groups in total. The van der Waals surface area contributed by atoms with Crippen LogP contribution in [-0.4, -0.2) is 26.3 Å². The number of ether oxygens (including phenoxy) is 3. The number of hydrogen-bond donors (Lipinski definition) is 1. The molecule has 0 bridgehead atoms. The van der Waals surface area contributed by atoms with Crippen LogP contribution in [0.15, 0.2) is 71.8 Å². The summed E-state index contributed by atoms with van der Waals surface area (Å²) in [6.45, 7) is 0.386. The van der Waals surface area contributed by atoms with E-state index in [1.165, 1.54) is 6.21 Å². The van der Waals surface area contributed by atoms with Gasteiger partial charge in [-0.25, -0.2) is 5.43 Å². The second kappa shape index (κ2) is 10.3. The molecule has 0 fully saturated rings. The fraction of sp³-hybridized carbons (Fsp3) is 0.130. The Kier molecular flexibility index (Phi) is 7.29. The number of rotatable bonds is 8. The molecule has 1 amide bonds. The van der Waals surface area contributed by atoms with Gasteiger partial charge in [0, 0.05) is 10.6 Å². The maximum atomic E-state index is 12.2. The van der Waals surface area contributed by atoms with Crippen LogP contribution in [-0.2, 0) is 6.61 Å². The van der Waals surface area contributed by atoms with Gasteiger partial charge in [0.2, 0.25) is 0 Å². The molecule has 0 aromatic heterocycles. The van der Waals surface area contributed by atoms with E-state index in [1.54, 1.807) is 50.6 Å². The van der Waals surface area contributed by atoms with Crippen molar-refractivity contribution in [2.45, 2.75) is 6.61 Å². The summed E-state index contributed by atoms with van der Waals surface area (Å²) >= 11 is 5.90. The van der Waals surface area contributed by atoms with Crippen LogP contribution >= 0.6 is 11.6 Å². The van der Waals surface area contributed by atoms with Crippen LogP contribution in [0.4, 0.5) is 0 Å². The monoisotopic (exact) mass is 424 g/mol. The maximum Gasteiger partial charge on any atom is 0.271 e. The Morgan fingerprint density at radius 1 is 1.00 bits per heavy atom. The number of hydrogen-bond acceptors (Lipinski definition) is 5. The molecule has 0 saturated heterocycles.